The van der Waals surface area contributed by atoms with Crippen molar-refractivity contribution in [3.8, 4) is 0 Å². The molecule has 0 bridgehead atoms. The fraction of sp³-hybridized carbons (Fsp3) is 0.231. The van der Waals surface area contributed by atoms with Gasteiger partial charge in [-0.15, -0.1) is 5.10 Å². The molecule has 3 amide bonds. The van der Waals surface area contributed by atoms with E-state index in [0.29, 0.717) is 10.7 Å². The minimum absolute atomic E-state index is 0.0896. The molecule has 8 nitrogen and oxygen atoms in total. The smallest absolute Gasteiger partial charge is 0.322 e. The molecule has 0 saturated heterocycles. The van der Waals surface area contributed by atoms with E-state index in [1.54, 1.807) is 32.3 Å². The van der Waals surface area contributed by atoms with Gasteiger partial charge in [-0.1, -0.05) is 34.5 Å². The molecule has 0 aliphatic heterocycles. The Kier molecular flexibility index (Phi) is 5.41. The van der Waals surface area contributed by atoms with Crippen LogP contribution in [0.1, 0.15) is 0 Å². The summed E-state index contributed by atoms with van der Waals surface area (Å²) in [5.74, 6) is -0.109. The molecule has 23 heavy (non-hydrogen) atoms. The second-order valence-corrected chi connectivity index (χ2v) is 5.56. The van der Waals surface area contributed by atoms with Crippen LogP contribution in [-0.2, 0) is 11.3 Å². The largest absolute Gasteiger partial charge is 0.331 e. The summed E-state index contributed by atoms with van der Waals surface area (Å²) in [5.41, 5.74) is 0.408. The highest BCUT2D eigenvalue weighted by atomic mass is 35.5. The number of nitrogens with zero attached hydrogens (tertiary/aromatic N) is 4. The number of anilines is 2. The highest BCUT2D eigenvalue weighted by Gasteiger charge is 2.11. The van der Waals surface area contributed by atoms with Crippen molar-refractivity contribution in [3.05, 3.63) is 34.4 Å². The zero-order valence-electron chi connectivity index (χ0n) is 12.4. The zero-order chi connectivity index (χ0) is 17.0. The Morgan fingerprint density at radius 1 is 1.26 bits per heavy atom. The standard InChI is InChI=1S/C13H14Cl2N6O2/c1-20(2)13(23)17-10-6-21(19-18-10)7-11(22)16-9-5-3-4-8(14)12(9)15/h3-6H,7H2,1-2H3,(H,16,22)(H,17,23). The van der Waals surface area contributed by atoms with Crippen LogP contribution in [-0.4, -0.2) is 45.9 Å². The van der Waals surface area contributed by atoms with Gasteiger partial charge in [0.2, 0.25) is 5.91 Å². The number of hydrogen-bond acceptors (Lipinski definition) is 4. The van der Waals surface area contributed by atoms with Crippen molar-refractivity contribution in [2.75, 3.05) is 24.7 Å². The van der Waals surface area contributed by atoms with Gasteiger partial charge in [-0.3, -0.25) is 10.1 Å². The minimum atomic E-state index is -0.357. The first-order valence-electron chi connectivity index (χ1n) is 6.49. The molecule has 2 N–H and O–H groups in total. The molecule has 1 aromatic heterocycles. The number of amides is 3. The van der Waals surface area contributed by atoms with E-state index in [1.165, 1.54) is 15.8 Å². The van der Waals surface area contributed by atoms with E-state index in [9.17, 15) is 9.59 Å². The van der Waals surface area contributed by atoms with E-state index in [-0.39, 0.29) is 29.3 Å². The van der Waals surface area contributed by atoms with E-state index in [1.807, 2.05) is 0 Å². The molecule has 2 aromatic rings. The Morgan fingerprint density at radius 3 is 2.70 bits per heavy atom. The lowest BCUT2D eigenvalue weighted by molar-refractivity contribution is -0.116. The Hall–Kier alpha value is -2.32. The van der Waals surface area contributed by atoms with Crippen molar-refractivity contribution < 1.29 is 9.59 Å². The first-order valence-corrected chi connectivity index (χ1v) is 7.24. The number of urea groups is 1. The molecular weight excluding hydrogens is 343 g/mol. The molecule has 0 saturated carbocycles. The van der Waals surface area contributed by atoms with E-state index in [2.05, 4.69) is 20.9 Å². The summed E-state index contributed by atoms with van der Waals surface area (Å²) in [6.45, 7) is -0.0896. The SMILES string of the molecule is CN(C)C(=O)Nc1cn(CC(=O)Nc2cccc(Cl)c2Cl)nn1. The summed E-state index contributed by atoms with van der Waals surface area (Å²) >= 11 is 11.9. The topological polar surface area (TPSA) is 92.2 Å². The van der Waals surface area contributed by atoms with Gasteiger partial charge in [0.15, 0.2) is 5.82 Å². The highest BCUT2D eigenvalue weighted by Crippen LogP contribution is 2.29. The van der Waals surface area contributed by atoms with Crippen molar-refractivity contribution in [2.45, 2.75) is 6.54 Å². The number of halogens is 2. The van der Waals surface area contributed by atoms with Crippen LogP contribution in [0.25, 0.3) is 0 Å². The van der Waals surface area contributed by atoms with Gasteiger partial charge in [-0.2, -0.15) is 0 Å². The van der Waals surface area contributed by atoms with Gasteiger partial charge in [0.05, 0.1) is 21.9 Å². The summed E-state index contributed by atoms with van der Waals surface area (Å²) in [5, 5.41) is 13.3. The lowest BCUT2D eigenvalue weighted by Crippen LogP contribution is -2.27. The maximum absolute atomic E-state index is 12.0. The molecule has 0 fully saturated rings. The molecule has 0 unspecified atom stereocenters. The number of carbonyl (C=O) groups is 2. The van der Waals surface area contributed by atoms with Crippen molar-refractivity contribution >= 4 is 46.6 Å². The van der Waals surface area contributed by atoms with Crippen LogP contribution in [0.2, 0.25) is 10.0 Å². The lowest BCUT2D eigenvalue weighted by atomic mass is 10.3. The summed E-state index contributed by atoms with van der Waals surface area (Å²) in [6.07, 6.45) is 1.44. The van der Waals surface area contributed by atoms with Crippen molar-refractivity contribution in [3.63, 3.8) is 0 Å². The van der Waals surface area contributed by atoms with Crippen LogP contribution < -0.4 is 10.6 Å². The number of aromatic nitrogens is 3. The molecule has 10 heteroatoms. The lowest BCUT2D eigenvalue weighted by Gasteiger charge is -2.09. The Bertz CT molecular complexity index is 731. The first kappa shape index (κ1) is 17.0. The van der Waals surface area contributed by atoms with E-state index in [4.69, 9.17) is 23.2 Å². The third-order valence-electron chi connectivity index (χ3n) is 2.71. The van der Waals surface area contributed by atoms with Gasteiger partial charge >= 0.3 is 6.03 Å². The van der Waals surface area contributed by atoms with Crippen molar-refractivity contribution in [1.29, 1.82) is 0 Å². The fourth-order valence-corrected chi connectivity index (χ4v) is 1.94. The molecule has 1 aromatic carbocycles. The van der Waals surface area contributed by atoms with Crippen LogP contribution in [0.15, 0.2) is 24.4 Å². The van der Waals surface area contributed by atoms with Gasteiger partial charge in [-0.05, 0) is 12.1 Å². The average Bonchev–Trinajstić information content (AvgIpc) is 2.90. The summed E-state index contributed by atoms with van der Waals surface area (Å²) in [4.78, 5) is 24.8. The second-order valence-electron chi connectivity index (χ2n) is 4.78. The Balaban J connectivity index is 1.97. The number of carbonyl (C=O) groups excluding carboxylic acids is 2. The Morgan fingerprint density at radius 2 is 2.00 bits per heavy atom. The maximum Gasteiger partial charge on any atom is 0.322 e. The van der Waals surface area contributed by atoms with Crippen LogP contribution in [0.3, 0.4) is 0 Å². The number of rotatable bonds is 4. The molecular formula is C13H14Cl2N6O2. The first-order chi connectivity index (χ1) is 10.9. The van der Waals surface area contributed by atoms with E-state index in [0.717, 1.165) is 0 Å². The molecule has 122 valence electrons. The summed E-state index contributed by atoms with van der Waals surface area (Å²) < 4.78 is 1.29. The predicted molar refractivity (Wildman–Crippen MR) is 87.8 cm³/mol. The summed E-state index contributed by atoms with van der Waals surface area (Å²) in [7, 11) is 3.20. The van der Waals surface area contributed by atoms with Crippen LogP contribution >= 0.6 is 23.2 Å². The fourth-order valence-electron chi connectivity index (χ4n) is 1.59. The normalized spacial score (nSPS) is 10.3. The van der Waals surface area contributed by atoms with Crippen molar-refractivity contribution in [2.24, 2.45) is 0 Å². The number of nitrogens with one attached hydrogen (secondary N) is 2. The van der Waals surface area contributed by atoms with E-state index >= 15 is 0 Å². The molecule has 0 aliphatic rings. The second kappa shape index (κ2) is 7.30. The summed E-state index contributed by atoms with van der Waals surface area (Å²) in [6, 6.07) is 4.59. The van der Waals surface area contributed by atoms with Gasteiger partial charge in [0.1, 0.15) is 6.54 Å². The monoisotopic (exact) mass is 356 g/mol. The quantitative estimate of drug-likeness (QED) is 0.878. The van der Waals surface area contributed by atoms with Gasteiger partial charge < -0.3 is 10.2 Å². The van der Waals surface area contributed by atoms with Crippen LogP contribution in [0.5, 0.6) is 0 Å². The predicted octanol–water partition coefficient (Wildman–Crippen LogP) is 2.32. The zero-order valence-corrected chi connectivity index (χ0v) is 13.9. The van der Waals surface area contributed by atoms with Crippen LogP contribution in [0.4, 0.5) is 16.3 Å². The van der Waals surface area contributed by atoms with Gasteiger partial charge in [0.25, 0.3) is 0 Å². The molecule has 0 radical (unpaired) electrons. The molecule has 0 aliphatic carbocycles. The van der Waals surface area contributed by atoms with Crippen molar-refractivity contribution in [1.82, 2.24) is 19.9 Å². The third-order valence-corrected chi connectivity index (χ3v) is 3.53. The number of benzene rings is 1. The molecule has 1 heterocycles. The van der Waals surface area contributed by atoms with Gasteiger partial charge in [-0.25, -0.2) is 9.48 Å². The molecule has 0 atom stereocenters. The van der Waals surface area contributed by atoms with Crippen LogP contribution in [0, 0.1) is 0 Å². The van der Waals surface area contributed by atoms with Gasteiger partial charge in [0, 0.05) is 14.1 Å². The third kappa shape index (κ3) is 4.57. The number of hydrogen-bond donors (Lipinski definition) is 2. The molecule has 2 rings (SSSR count). The van der Waals surface area contributed by atoms with E-state index < -0.39 is 0 Å². The highest BCUT2D eigenvalue weighted by molar-refractivity contribution is 6.43. The molecule has 0 spiro atoms. The average molecular weight is 357 g/mol. The maximum atomic E-state index is 12.0. The Labute approximate surface area is 142 Å². The minimum Gasteiger partial charge on any atom is -0.331 e.